The van der Waals surface area contributed by atoms with Crippen molar-refractivity contribution < 1.29 is 4.74 Å². The highest BCUT2D eigenvalue weighted by atomic mass is 32.1. The molecule has 0 amide bonds. The van der Waals surface area contributed by atoms with Gasteiger partial charge in [-0.15, -0.1) is 11.3 Å². The maximum Gasteiger partial charge on any atom is 0.205 e. The number of hydrogen-bond donors (Lipinski definition) is 2. The van der Waals surface area contributed by atoms with Crippen LogP contribution in [-0.2, 0) is 10.8 Å². The number of thiophene rings is 1. The molecule has 4 aromatic rings. The van der Waals surface area contributed by atoms with Crippen molar-refractivity contribution in [1.82, 2.24) is 9.97 Å². The first-order valence-corrected chi connectivity index (χ1v) is 11.1. The lowest BCUT2D eigenvalue weighted by molar-refractivity contribution is 0.467. The first-order chi connectivity index (χ1) is 14.1. The van der Waals surface area contributed by atoms with Gasteiger partial charge in [-0.1, -0.05) is 65.8 Å². The van der Waals surface area contributed by atoms with E-state index >= 15 is 0 Å². The number of ether oxygens (including phenoxy) is 1. The lowest BCUT2D eigenvalue weighted by Gasteiger charge is -2.22. The lowest BCUT2D eigenvalue weighted by Crippen LogP contribution is -2.12. The van der Waals surface area contributed by atoms with Gasteiger partial charge in [-0.2, -0.15) is 0 Å². The van der Waals surface area contributed by atoms with Gasteiger partial charge in [0.2, 0.25) is 11.0 Å². The van der Waals surface area contributed by atoms with Crippen LogP contribution in [0.5, 0.6) is 10.8 Å². The minimum absolute atomic E-state index is 0.00490. The summed E-state index contributed by atoms with van der Waals surface area (Å²) in [6.07, 6.45) is 0. The molecule has 2 heterocycles. The molecular formula is C25H29N3OS. The zero-order chi connectivity index (χ0) is 21.5. The van der Waals surface area contributed by atoms with Crippen molar-refractivity contribution in [3.8, 4) is 10.8 Å². The number of H-pyrrole nitrogens is 1. The molecule has 0 atom stereocenters. The Hall–Kier alpha value is -2.79. The number of nitrogens with zero attached hydrogens (tertiary/aromatic N) is 1. The third-order valence-electron chi connectivity index (χ3n) is 5.13. The lowest BCUT2D eigenvalue weighted by atomic mass is 9.86. The minimum atomic E-state index is 0.00490. The molecule has 0 radical (unpaired) electrons. The number of hydrogen-bond acceptors (Lipinski definition) is 4. The Bertz CT molecular complexity index is 1180. The Morgan fingerprint density at radius 2 is 1.70 bits per heavy atom. The number of imidazole rings is 1. The monoisotopic (exact) mass is 419 g/mol. The molecule has 4 nitrogen and oxygen atoms in total. The molecular weight excluding hydrogens is 390 g/mol. The maximum atomic E-state index is 6.33. The highest BCUT2D eigenvalue weighted by Crippen LogP contribution is 2.40. The average molecular weight is 420 g/mol. The molecule has 30 heavy (non-hydrogen) atoms. The fourth-order valence-corrected chi connectivity index (χ4v) is 4.11. The Labute approximate surface area is 182 Å². The summed E-state index contributed by atoms with van der Waals surface area (Å²) < 4.78 is 6.33. The maximum absolute atomic E-state index is 6.33. The first-order valence-electron chi connectivity index (χ1n) is 10.2. The fourth-order valence-electron chi connectivity index (χ4n) is 3.40. The summed E-state index contributed by atoms with van der Waals surface area (Å²) in [4.78, 5) is 8.12. The van der Waals surface area contributed by atoms with Crippen molar-refractivity contribution in [3.63, 3.8) is 0 Å². The van der Waals surface area contributed by atoms with Gasteiger partial charge in [-0.25, -0.2) is 4.98 Å². The van der Waals surface area contributed by atoms with Crippen LogP contribution in [0.15, 0.2) is 53.9 Å². The van der Waals surface area contributed by atoms with E-state index in [4.69, 9.17) is 9.72 Å². The summed E-state index contributed by atoms with van der Waals surface area (Å²) in [5.41, 5.74) is 5.43. The van der Waals surface area contributed by atoms with Crippen molar-refractivity contribution in [2.45, 2.75) is 52.4 Å². The SMILES string of the molecule is CC(C)(C)c1ccc2[nH]c(Nc3ccsc3Oc3ccccc3C(C)(C)C)nc2c1. The molecule has 0 saturated heterocycles. The summed E-state index contributed by atoms with van der Waals surface area (Å²) in [6, 6.07) is 16.7. The third-order valence-corrected chi connectivity index (χ3v) is 5.92. The van der Waals surface area contributed by atoms with E-state index < -0.39 is 0 Å². The third kappa shape index (κ3) is 4.21. The van der Waals surface area contributed by atoms with Crippen LogP contribution in [0.2, 0.25) is 0 Å². The van der Waals surface area contributed by atoms with Gasteiger partial charge in [0.25, 0.3) is 0 Å². The molecule has 0 aliphatic heterocycles. The summed E-state index contributed by atoms with van der Waals surface area (Å²) in [6.45, 7) is 13.2. The van der Waals surface area contributed by atoms with Crippen LogP contribution in [0.1, 0.15) is 52.7 Å². The smallest absolute Gasteiger partial charge is 0.205 e. The molecule has 0 saturated carbocycles. The Balaban J connectivity index is 1.61. The van der Waals surface area contributed by atoms with E-state index in [2.05, 4.69) is 82.2 Å². The van der Waals surface area contributed by atoms with E-state index in [-0.39, 0.29) is 10.8 Å². The fraction of sp³-hybridized carbons (Fsp3) is 0.320. The molecule has 0 unspecified atom stereocenters. The molecule has 0 spiro atoms. The van der Waals surface area contributed by atoms with Crippen LogP contribution in [-0.4, -0.2) is 9.97 Å². The van der Waals surface area contributed by atoms with Crippen molar-refractivity contribution in [3.05, 3.63) is 65.0 Å². The second-order valence-corrected chi connectivity index (χ2v) is 10.5. The highest BCUT2D eigenvalue weighted by molar-refractivity contribution is 7.12. The molecule has 0 aliphatic rings. The summed E-state index contributed by atoms with van der Waals surface area (Å²) in [7, 11) is 0. The molecule has 156 valence electrons. The number of aromatic amines is 1. The standard InChI is InChI=1S/C25H29N3OS/c1-24(2,3)16-11-12-18-20(15-16)28-23(26-18)27-19-13-14-30-22(19)29-21-10-8-7-9-17(21)25(4,5)6/h7-15H,1-6H3,(H2,26,27,28). The largest absolute Gasteiger partial charge is 0.444 e. The van der Waals surface area contributed by atoms with E-state index in [1.54, 1.807) is 11.3 Å². The molecule has 5 heteroatoms. The van der Waals surface area contributed by atoms with Gasteiger partial charge in [-0.3, -0.25) is 0 Å². The second-order valence-electron chi connectivity index (χ2n) is 9.66. The summed E-state index contributed by atoms with van der Waals surface area (Å²) in [5, 5.41) is 6.24. The van der Waals surface area contributed by atoms with E-state index in [1.807, 2.05) is 23.6 Å². The molecule has 2 aromatic carbocycles. The number of nitrogens with one attached hydrogen (secondary N) is 2. The van der Waals surface area contributed by atoms with E-state index in [1.165, 1.54) is 11.1 Å². The summed E-state index contributed by atoms with van der Waals surface area (Å²) in [5.74, 6) is 1.60. The van der Waals surface area contributed by atoms with Gasteiger partial charge >= 0.3 is 0 Å². The van der Waals surface area contributed by atoms with Crippen LogP contribution in [0.4, 0.5) is 11.6 Å². The first kappa shape index (κ1) is 20.5. The van der Waals surface area contributed by atoms with Crippen molar-refractivity contribution in [2.24, 2.45) is 0 Å². The second kappa shape index (κ2) is 7.47. The topological polar surface area (TPSA) is 49.9 Å². The number of fused-ring (bicyclic) bond motifs is 1. The van der Waals surface area contributed by atoms with E-state index in [9.17, 15) is 0 Å². The highest BCUT2D eigenvalue weighted by Gasteiger charge is 2.20. The Morgan fingerprint density at radius 3 is 2.43 bits per heavy atom. The zero-order valence-corrected chi connectivity index (χ0v) is 19.3. The van der Waals surface area contributed by atoms with Crippen molar-refractivity contribution in [1.29, 1.82) is 0 Å². The molecule has 0 aliphatic carbocycles. The van der Waals surface area contributed by atoms with E-state index in [0.717, 1.165) is 27.5 Å². The normalized spacial score (nSPS) is 12.3. The van der Waals surface area contributed by atoms with Crippen LogP contribution < -0.4 is 10.1 Å². The van der Waals surface area contributed by atoms with Gasteiger partial charge in [0.05, 0.1) is 16.7 Å². The number of para-hydroxylation sites is 1. The van der Waals surface area contributed by atoms with Gasteiger partial charge in [0, 0.05) is 5.56 Å². The Kier molecular flexibility index (Phi) is 5.10. The van der Waals surface area contributed by atoms with E-state index in [0.29, 0.717) is 5.95 Å². The number of rotatable bonds is 4. The minimum Gasteiger partial charge on any atom is -0.444 e. The number of benzene rings is 2. The molecule has 0 bridgehead atoms. The van der Waals surface area contributed by atoms with Gasteiger partial charge in [-0.05, 0) is 46.0 Å². The molecule has 4 rings (SSSR count). The van der Waals surface area contributed by atoms with Crippen LogP contribution >= 0.6 is 11.3 Å². The predicted octanol–water partition coefficient (Wildman–Crippen LogP) is 7.76. The number of anilines is 2. The molecule has 2 aromatic heterocycles. The van der Waals surface area contributed by atoms with Crippen LogP contribution in [0.25, 0.3) is 11.0 Å². The van der Waals surface area contributed by atoms with Gasteiger partial charge < -0.3 is 15.0 Å². The number of aromatic nitrogens is 2. The van der Waals surface area contributed by atoms with Crippen LogP contribution in [0.3, 0.4) is 0 Å². The van der Waals surface area contributed by atoms with Crippen molar-refractivity contribution >= 4 is 34.0 Å². The van der Waals surface area contributed by atoms with Gasteiger partial charge in [0.1, 0.15) is 5.75 Å². The molecule has 2 N–H and O–H groups in total. The quantitative estimate of drug-likeness (QED) is 0.355. The zero-order valence-electron chi connectivity index (χ0n) is 18.5. The Morgan fingerprint density at radius 1 is 0.933 bits per heavy atom. The molecule has 0 fully saturated rings. The predicted molar refractivity (Wildman–Crippen MR) is 128 cm³/mol. The van der Waals surface area contributed by atoms with Crippen LogP contribution in [0, 0.1) is 0 Å². The van der Waals surface area contributed by atoms with Crippen molar-refractivity contribution in [2.75, 3.05) is 5.32 Å². The average Bonchev–Trinajstić information content (AvgIpc) is 3.26. The van der Waals surface area contributed by atoms with Gasteiger partial charge in [0.15, 0.2) is 0 Å². The summed E-state index contributed by atoms with van der Waals surface area (Å²) >= 11 is 1.57.